The number of piperazine rings is 1. The monoisotopic (exact) mass is 404 g/mol. The van der Waals surface area contributed by atoms with Crippen LogP contribution < -0.4 is 10.1 Å². The second-order valence-corrected chi connectivity index (χ2v) is 7.52. The highest BCUT2D eigenvalue weighted by molar-refractivity contribution is 5.94. The first-order valence-electron chi connectivity index (χ1n) is 9.98. The fourth-order valence-electron chi connectivity index (χ4n) is 4.09. The number of nitrogens with zero attached hydrogens (tertiary/aromatic N) is 3. The average Bonchev–Trinajstić information content (AvgIpc) is 3.14. The molecule has 2 aliphatic rings. The van der Waals surface area contributed by atoms with Crippen molar-refractivity contribution < 1.29 is 9.53 Å². The summed E-state index contributed by atoms with van der Waals surface area (Å²) in [5.74, 6) is 1.82. The summed E-state index contributed by atoms with van der Waals surface area (Å²) >= 11 is 0. The van der Waals surface area contributed by atoms with Crippen molar-refractivity contribution in [2.45, 2.75) is 44.2 Å². The van der Waals surface area contributed by atoms with Crippen LogP contribution in [0.1, 0.15) is 54.3 Å². The van der Waals surface area contributed by atoms with Crippen molar-refractivity contribution in [3.05, 3.63) is 48.0 Å². The molecule has 152 valence electrons. The second kappa shape index (κ2) is 9.43. The van der Waals surface area contributed by atoms with Gasteiger partial charge in [0.15, 0.2) is 0 Å². The molecule has 1 saturated carbocycles. The zero-order valence-corrected chi connectivity index (χ0v) is 17.2. The molecule has 1 aliphatic carbocycles. The molecule has 1 amide bonds. The third-order valence-corrected chi connectivity index (χ3v) is 5.62. The van der Waals surface area contributed by atoms with E-state index in [4.69, 9.17) is 4.74 Å². The molecular formula is C21H29ClN4O2. The number of benzene rings is 1. The third-order valence-electron chi connectivity index (χ3n) is 5.62. The molecule has 1 saturated heterocycles. The number of nitrogens with one attached hydrogen (secondary N) is 1. The Morgan fingerprint density at radius 1 is 1.18 bits per heavy atom. The van der Waals surface area contributed by atoms with Crippen LogP contribution in [0.15, 0.2) is 36.7 Å². The zero-order chi connectivity index (χ0) is 18.6. The minimum absolute atomic E-state index is 0. The van der Waals surface area contributed by atoms with E-state index in [2.05, 4.69) is 10.3 Å². The maximum absolute atomic E-state index is 13.1. The number of halogens is 1. The van der Waals surface area contributed by atoms with Crippen molar-refractivity contribution in [1.29, 1.82) is 0 Å². The van der Waals surface area contributed by atoms with E-state index in [1.807, 2.05) is 47.0 Å². The molecule has 0 bridgehead atoms. The quantitative estimate of drug-likeness (QED) is 0.849. The molecule has 1 aromatic carbocycles. The predicted octanol–water partition coefficient (Wildman–Crippen LogP) is 3.34. The Morgan fingerprint density at radius 3 is 2.61 bits per heavy atom. The highest BCUT2D eigenvalue weighted by Crippen LogP contribution is 2.26. The van der Waals surface area contributed by atoms with Crippen LogP contribution in [0.5, 0.6) is 5.75 Å². The molecule has 2 aromatic rings. The van der Waals surface area contributed by atoms with E-state index in [-0.39, 0.29) is 24.4 Å². The zero-order valence-electron chi connectivity index (χ0n) is 16.3. The molecule has 2 heterocycles. The topological polar surface area (TPSA) is 59.4 Å². The fraction of sp³-hybridized carbons (Fsp3) is 0.524. The van der Waals surface area contributed by atoms with E-state index in [1.54, 1.807) is 6.20 Å². The molecule has 1 unspecified atom stereocenters. The van der Waals surface area contributed by atoms with E-state index in [9.17, 15) is 4.79 Å². The van der Waals surface area contributed by atoms with Gasteiger partial charge in [-0.1, -0.05) is 6.42 Å². The van der Waals surface area contributed by atoms with Crippen LogP contribution in [0.3, 0.4) is 0 Å². The van der Waals surface area contributed by atoms with Gasteiger partial charge < -0.3 is 19.5 Å². The first-order valence-corrected chi connectivity index (χ1v) is 9.98. The number of hydrogen-bond donors (Lipinski definition) is 1. The molecule has 1 aromatic heterocycles. The number of rotatable bonds is 4. The summed E-state index contributed by atoms with van der Waals surface area (Å²) in [4.78, 5) is 19.5. The maximum atomic E-state index is 13.1. The van der Waals surface area contributed by atoms with Crippen molar-refractivity contribution in [2.24, 2.45) is 7.05 Å². The summed E-state index contributed by atoms with van der Waals surface area (Å²) in [7, 11) is 1.97. The largest absolute Gasteiger partial charge is 0.490 e. The number of imidazole rings is 1. The molecule has 0 spiro atoms. The standard InChI is InChI=1S/C21H28N4O2.ClH/c1-24-13-12-23-20(24)19-15-22-11-14-25(19)21(26)16-7-9-18(10-8-16)27-17-5-3-2-4-6-17;/h7-10,12-13,17,19,22H,2-6,11,14-15H2,1H3;1H. The van der Waals surface area contributed by atoms with E-state index < -0.39 is 0 Å². The summed E-state index contributed by atoms with van der Waals surface area (Å²) in [6, 6.07) is 7.58. The lowest BCUT2D eigenvalue weighted by molar-refractivity contribution is 0.0621. The highest BCUT2D eigenvalue weighted by Gasteiger charge is 2.31. The summed E-state index contributed by atoms with van der Waals surface area (Å²) in [5.41, 5.74) is 0.701. The SMILES string of the molecule is Cl.Cn1ccnc1C1CNCCN1C(=O)c1ccc(OC2CCCCC2)cc1. The van der Waals surface area contributed by atoms with E-state index in [0.29, 0.717) is 18.2 Å². The van der Waals surface area contributed by atoms with Gasteiger partial charge in [-0.25, -0.2) is 4.98 Å². The molecular weight excluding hydrogens is 376 g/mol. The van der Waals surface area contributed by atoms with Crippen LogP contribution in [-0.4, -0.2) is 46.1 Å². The van der Waals surface area contributed by atoms with Crippen LogP contribution >= 0.6 is 12.4 Å². The van der Waals surface area contributed by atoms with Gasteiger partial charge in [-0.2, -0.15) is 0 Å². The average molecular weight is 405 g/mol. The molecule has 4 rings (SSSR count). The number of hydrogen-bond acceptors (Lipinski definition) is 4. The fourth-order valence-corrected chi connectivity index (χ4v) is 4.09. The van der Waals surface area contributed by atoms with E-state index >= 15 is 0 Å². The van der Waals surface area contributed by atoms with E-state index in [1.165, 1.54) is 19.3 Å². The van der Waals surface area contributed by atoms with Gasteiger partial charge in [0.05, 0.1) is 6.10 Å². The molecule has 6 nitrogen and oxygen atoms in total. The third kappa shape index (κ3) is 4.50. The molecule has 7 heteroatoms. The normalized spacial score (nSPS) is 20.5. The number of amides is 1. The van der Waals surface area contributed by atoms with Gasteiger partial charge in [-0.05, 0) is 49.9 Å². The lowest BCUT2D eigenvalue weighted by atomic mass is 9.98. The predicted molar refractivity (Wildman–Crippen MR) is 111 cm³/mol. The van der Waals surface area contributed by atoms with Crippen LogP contribution in [-0.2, 0) is 7.05 Å². The first-order chi connectivity index (χ1) is 13.2. The van der Waals surface area contributed by atoms with Gasteiger partial charge in [0, 0.05) is 44.6 Å². The van der Waals surface area contributed by atoms with Crippen LogP contribution in [0.2, 0.25) is 0 Å². The minimum atomic E-state index is -0.0515. The van der Waals surface area contributed by atoms with Gasteiger partial charge in [0.2, 0.25) is 0 Å². The van der Waals surface area contributed by atoms with Gasteiger partial charge in [-0.3, -0.25) is 4.79 Å². The van der Waals surface area contributed by atoms with Crippen LogP contribution in [0, 0.1) is 0 Å². The number of aryl methyl sites for hydroxylation is 1. The Balaban J connectivity index is 0.00000225. The summed E-state index contributed by atoms with van der Waals surface area (Å²) in [6.07, 6.45) is 10.1. The first kappa shape index (κ1) is 20.7. The smallest absolute Gasteiger partial charge is 0.254 e. The Labute approximate surface area is 172 Å². The Hall–Kier alpha value is -2.05. The highest BCUT2D eigenvalue weighted by atomic mass is 35.5. The minimum Gasteiger partial charge on any atom is -0.490 e. The number of aromatic nitrogens is 2. The summed E-state index contributed by atoms with van der Waals surface area (Å²) in [5, 5.41) is 3.37. The lowest BCUT2D eigenvalue weighted by Gasteiger charge is -2.35. The van der Waals surface area contributed by atoms with Gasteiger partial charge >= 0.3 is 0 Å². The number of carbonyl (C=O) groups is 1. The molecule has 2 fully saturated rings. The lowest BCUT2D eigenvalue weighted by Crippen LogP contribution is -2.49. The molecule has 1 N–H and O–H groups in total. The number of carbonyl (C=O) groups excluding carboxylic acids is 1. The maximum Gasteiger partial charge on any atom is 0.254 e. The van der Waals surface area contributed by atoms with Gasteiger partial charge in [-0.15, -0.1) is 12.4 Å². The van der Waals surface area contributed by atoms with Crippen LogP contribution in [0.25, 0.3) is 0 Å². The van der Waals surface area contributed by atoms with Crippen molar-refractivity contribution in [2.75, 3.05) is 19.6 Å². The Morgan fingerprint density at radius 2 is 1.93 bits per heavy atom. The van der Waals surface area contributed by atoms with Crippen molar-refractivity contribution in [1.82, 2.24) is 19.8 Å². The van der Waals surface area contributed by atoms with Crippen molar-refractivity contribution in [3.63, 3.8) is 0 Å². The van der Waals surface area contributed by atoms with Crippen molar-refractivity contribution in [3.8, 4) is 5.75 Å². The van der Waals surface area contributed by atoms with E-state index in [0.717, 1.165) is 37.5 Å². The molecule has 1 aliphatic heterocycles. The molecule has 28 heavy (non-hydrogen) atoms. The summed E-state index contributed by atoms with van der Waals surface area (Å²) < 4.78 is 8.07. The van der Waals surface area contributed by atoms with Crippen LogP contribution in [0.4, 0.5) is 0 Å². The number of ether oxygens (including phenoxy) is 1. The second-order valence-electron chi connectivity index (χ2n) is 7.52. The Kier molecular flexibility index (Phi) is 6.97. The van der Waals surface area contributed by atoms with Gasteiger partial charge in [0.1, 0.15) is 17.6 Å². The Bertz CT molecular complexity index is 771. The van der Waals surface area contributed by atoms with Gasteiger partial charge in [0.25, 0.3) is 5.91 Å². The molecule has 1 atom stereocenters. The molecule has 0 radical (unpaired) electrons. The summed E-state index contributed by atoms with van der Waals surface area (Å²) in [6.45, 7) is 2.20. The van der Waals surface area contributed by atoms with Crippen molar-refractivity contribution >= 4 is 18.3 Å².